The van der Waals surface area contributed by atoms with Crippen LogP contribution in [0.15, 0.2) is 0 Å². The third-order valence-corrected chi connectivity index (χ3v) is 5.31. The van der Waals surface area contributed by atoms with Crippen molar-refractivity contribution in [2.24, 2.45) is 17.8 Å². The SMILES string of the molecule is CC(C)CNS(=O)(=O)N1CC2CCC(O)C2C1. The highest BCUT2D eigenvalue weighted by Crippen LogP contribution is 2.38. The van der Waals surface area contributed by atoms with Crippen molar-refractivity contribution in [2.45, 2.75) is 32.8 Å². The van der Waals surface area contributed by atoms with Crippen molar-refractivity contribution in [3.05, 3.63) is 0 Å². The number of nitrogens with one attached hydrogen (secondary N) is 1. The Hall–Kier alpha value is -0.170. The van der Waals surface area contributed by atoms with E-state index in [0.29, 0.717) is 31.5 Å². The smallest absolute Gasteiger partial charge is 0.279 e. The number of nitrogens with zero attached hydrogens (tertiary/aromatic N) is 1. The molecular formula is C11H22N2O3S. The molecule has 3 unspecified atom stereocenters. The van der Waals surface area contributed by atoms with Gasteiger partial charge in [-0.3, -0.25) is 0 Å². The molecule has 0 amide bonds. The summed E-state index contributed by atoms with van der Waals surface area (Å²) in [5, 5.41) is 9.76. The summed E-state index contributed by atoms with van der Waals surface area (Å²) in [6.45, 7) is 5.46. The van der Waals surface area contributed by atoms with Crippen LogP contribution in [0.3, 0.4) is 0 Å². The average molecular weight is 262 g/mol. The predicted molar refractivity (Wildman–Crippen MR) is 65.6 cm³/mol. The Morgan fingerprint density at radius 3 is 2.65 bits per heavy atom. The van der Waals surface area contributed by atoms with E-state index < -0.39 is 10.2 Å². The number of rotatable bonds is 4. The molecule has 2 N–H and O–H groups in total. The summed E-state index contributed by atoms with van der Waals surface area (Å²) in [5.41, 5.74) is 0. The minimum Gasteiger partial charge on any atom is -0.393 e. The topological polar surface area (TPSA) is 69.6 Å². The van der Waals surface area contributed by atoms with Crippen LogP contribution in [-0.2, 0) is 10.2 Å². The number of fused-ring (bicyclic) bond motifs is 1. The summed E-state index contributed by atoms with van der Waals surface area (Å²) < 4.78 is 28.1. The molecule has 100 valence electrons. The van der Waals surface area contributed by atoms with Crippen LogP contribution in [0.4, 0.5) is 0 Å². The molecule has 0 aromatic heterocycles. The fourth-order valence-electron chi connectivity index (χ4n) is 2.76. The summed E-state index contributed by atoms with van der Waals surface area (Å²) >= 11 is 0. The molecule has 0 spiro atoms. The van der Waals surface area contributed by atoms with E-state index in [2.05, 4.69) is 4.72 Å². The zero-order valence-corrected chi connectivity index (χ0v) is 11.3. The van der Waals surface area contributed by atoms with E-state index in [4.69, 9.17) is 0 Å². The van der Waals surface area contributed by atoms with Gasteiger partial charge >= 0.3 is 0 Å². The largest absolute Gasteiger partial charge is 0.393 e. The molecule has 5 nitrogen and oxygen atoms in total. The second-order valence-corrected chi connectivity index (χ2v) is 7.39. The van der Waals surface area contributed by atoms with Crippen molar-refractivity contribution >= 4 is 10.2 Å². The zero-order valence-electron chi connectivity index (χ0n) is 10.5. The fraction of sp³-hybridized carbons (Fsp3) is 1.00. The van der Waals surface area contributed by atoms with Crippen LogP contribution in [0.1, 0.15) is 26.7 Å². The highest BCUT2D eigenvalue weighted by molar-refractivity contribution is 7.87. The first-order chi connectivity index (χ1) is 7.90. The molecule has 2 aliphatic rings. The number of aliphatic hydroxyl groups is 1. The van der Waals surface area contributed by atoms with Crippen LogP contribution in [0, 0.1) is 17.8 Å². The van der Waals surface area contributed by atoms with Gasteiger partial charge in [0.05, 0.1) is 6.10 Å². The zero-order chi connectivity index (χ0) is 12.6. The molecule has 1 aliphatic heterocycles. The quantitative estimate of drug-likeness (QED) is 0.759. The third kappa shape index (κ3) is 2.81. The highest BCUT2D eigenvalue weighted by atomic mass is 32.2. The average Bonchev–Trinajstić information content (AvgIpc) is 2.79. The van der Waals surface area contributed by atoms with Gasteiger partial charge in [0.25, 0.3) is 10.2 Å². The van der Waals surface area contributed by atoms with Gasteiger partial charge in [-0.1, -0.05) is 13.8 Å². The molecule has 2 fully saturated rings. The minimum absolute atomic E-state index is 0.144. The molecule has 2 rings (SSSR count). The first-order valence-electron chi connectivity index (χ1n) is 6.33. The van der Waals surface area contributed by atoms with E-state index in [1.54, 1.807) is 0 Å². The lowest BCUT2D eigenvalue weighted by Crippen LogP contribution is -2.41. The van der Waals surface area contributed by atoms with Crippen LogP contribution in [-0.4, -0.2) is 43.6 Å². The molecule has 17 heavy (non-hydrogen) atoms. The summed E-state index contributed by atoms with van der Waals surface area (Å²) in [7, 11) is -3.35. The van der Waals surface area contributed by atoms with Crippen molar-refractivity contribution < 1.29 is 13.5 Å². The molecule has 0 aromatic carbocycles. The second kappa shape index (κ2) is 4.84. The van der Waals surface area contributed by atoms with Crippen LogP contribution in [0.2, 0.25) is 0 Å². The number of aliphatic hydroxyl groups excluding tert-OH is 1. The second-order valence-electron chi connectivity index (χ2n) is 5.63. The summed E-state index contributed by atoms with van der Waals surface area (Å²) in [6.07, 6.45) is 1.45. The lowest BCUT2D eigenvalue weighted by Gasteiger charge is -2.19. The van der Waals surface area contributed by atoms with Gasteiger partial charge in [-0.15, -0.1) is 0 Å². The van der Waals surface area contributed by atoms with Gasteiger partial charge in [-0.2, -0.15) is 12.7 Å². The lowest BCUT2D eigenvalue weighted by atomic mass is 10.00. The van der Waals surface area contributed by atoms with Crippen LogP contribution in [0.5, 0.6) is 0 Å². The lowest BCUT2D eigenvalue weighted by molar-refractivity contribution is 0.129. The number of hydrogen-bond acceptors (Lipinski definition) is 3. The highest BCUT2D eigenvalue weighted by Gasteiger charge is 2.45. The van der Waals surface area contributed by atoms with Crippen molar-refractivity contribution in [1.82, 2.24) is 9.03 Å². The minimum atomic E-state index is -3.35. The number of hydrogen-bond donors (Lipinski definition) is 2. The third-order valence-electron chi connectivity index (χ3n) is 3.80. The first kappa shape index (κ1) is 13.3. The van der Waals surface area contributed by atoms with E-state index in [1.807, 2.05) is 13.8 Å². The molecule has 1 heterocycles. The van der Waals surface area contributed by atoms with Gasteiger partial charge in [-0.25, -0.2) is 4.72 Å². The predicted octanol–water partition coefficient (Wildman–Crippen LogP) is 0.179. The van der Waals surface area contributed by atoms with Gasteiger partial charge in [0.1, 0.15) is 0 Å². The summed E-state index contributed by atoms with van der Waals surface area (Å²) in [4.78, 5) is 0. The van der Waals surface area contributed by atoms with E-state index in [-0.39, 0.29) is 12.0 Å². The first-order valence-corrected chi connectivity index (χ1v) is 7.77. The molecule has 3 atom stereocenters. The van der Waals surface area contributed by atoms with Crippen molar-refractivity contribution in [1.29, 1.82) is 0 Å². The fourth-order valence-corrected chi connectivity index (χ4v) is 4.24. The summed E-state index contributed by atoms with van der Waals surface area (Å²) in [6, 6.07) is 0. The van der Waals surface area contributed by atoms with Crippen molar-refractivity contribution in [3.8, 4) is 0 Å². The Labute approximate surface area is 103 Å². The summed E-state index contributed by atoms with van der Waals surface area (Å²) in [5.74, 6) is 0.795. The Morgan fingerprint density at radius 2 is 2.06 bits per heavy atom. The maximum absolute atomic E-state index is 12.0. The molecule has 6 heteroatoms. The standard InChI is InChI=1S/C11H22N2O3S/c1-8(2)5-12-17(15,16)13-6-9-3-4-11(14)10(9)7-13/h8-12,14H,3-7H2,1-2H3. The molecule has 1 saturated heterocycles. The van der Waals surface area contributed by atoms with Gasteiger partial charge < -0.3 is 5.11 Å². The van der Waals surface area contributed by atoms with E-state index in [1.165, 1.54) is 4.31 Å². The molecular weight excluding hydrogens is 240 g/mol. The molecule has 1 saturated carbocycles. The Bertz CT molecular complexity index is 369. The van der Waals surface area contributed by atoms with E-state index >= 15 is 0 Å². The maximum atomic E-state index is 12.0. The Balaban J connectivity index is 1.96. The normalized spacial score (nSPS) is 34.5. The van der Waals surface area contributed by atoms with Crippen molar-refractivity contribution in [3.63, 3.8) is 0 Å². The molecule has 0 aromatic rings. The van der Waals surface area contributed by atoms with Crippen LogP contribution >= 0.6 is 0 Å². The Kier molecular flexibility index (Phi) is 3.77. The van der Waals surface area contributed by atoms with Gasteiger partial charge in [-0.05, 0) is 24.7 Å². The Morgan fingerprint density at radius 1 is 1.35 bits per heavy atom. The van der Waals surface area contributed by atoms with E-state index in [9.17, 15) is 13.5 Å². The van der Waals surface area contributed by atoms with Gasteiger partial charge in [0.2, 0.25) is 0 Å². The van der Waals surface area contributed by atoms with Crippen LogP contribution < -0.4 is 4.72 Å². The molecule has 0 bridgehead atoms. The molecule has 0 radical (unpaired) electrons. The molecule has 1 aliphatic carbocycles. The van der Waals surface area contributed by atoms with Crippen molar-refractivity contribution in [2.75, 3.05) is 19.6 Å². The monoisotopic (exact) mass is 262 g/mol. The van der Waals surface area contributed by atoms with Gasteiger partial charge in [0, 0.05) is 25.6 Å². The van der Waals surface area contributed by atoms with Gasteiger partial charge in [0.15, 0.2) is 0 Å². The maximum Gasteiger partial charge on any atom is 0.279 e. The van der Waals surface area contributed by atoms with Crippen LogP contribution in [0.25, 0.3) is 0 Å². The van der Waals surface area contributed by atoms with E-state index in [0.717, 1.165) is 12.8 Å².